The normalized spacial score (nSPS) is 16.7. The van der Waals surface area contributed by atoms with Crippen LogP contribution in [0.3, 0.4) is 0 Å². The first kappa shape index (κ1) is 109. The van der Waals surface area contributed by atoms with Crippen molar-refractivity contribution in [1.29, 1.82) is 10.7 Å². The summed E-state index contributed by atoms with van der Waals surface area (Å²) in [5.74, 6) is 7.74. The topological polar surface area (TPSA) is 443 Å². The van der Waals surface area contributed by atoms with Crippen LogP contribution in [0.1, 0.15) is 238 Å². The van der Waals surface area contributed by atoms with Gasteiger partial charge in [-0.25, -0.2) is 39.9 Å². The highest BCUT2D eigenvalue weighted by Crippen LogP contribution is 2.46. The molecule has 5 saturated carbocycles. The third-order valence-electron chi connectivity index (χ3n) is 26.0. The summed E-state index contributed by atoms with van der Waals surface area (Å²) in [5.41, 5.74) is 21.8. The zero-order chi connectivity index (χ0) is 102. The van der Waals surface area contributed by atoms with Crippen molar-refractivity contribution in [3.05, 3.63) is 280 Å². The van der Waals surface area contributed by atoms with Gasteiger partial charge in [-0.05, 0) is 272 Å². The van der Waals surface area contributed by atoms with Crippen molar-refractivity contribution >= 4 is 178 Å². The van der Waals surface area contributed by atoms with E-state index in [0.717, 1.165) is 127 Å². The quantitative estimate of drug-likeness (QED) is 0.0162. The highest BCUT2D eigenvalue weighted by Gasteiger charge is 2.52. The van der Waals surface area contributed by atoms with E-state index in [2.05, 4.69) is 152 Å². The SMILES string of the molecule is C.C=C(Cl)C#N.CC1(C)Cc2cc3n(c2C1)CCN(c1nccc(Cl)c1C=O)C3=O.Cl.Cn1cc(-c2ccnc(N3CCn4c(cc5c4CC(C)(C)C5)C3=O)c2C=O)cc(Nc2ccnc(C3CC3)c2)c1=O.Cn1cc(B2OC(C)(C)C(C)(C)O2)cc(Nc2ccnc(C3CC3)n2)c1=O.Cn1cc(Br)cc(Br)c1=O.Cn1cc(Br)cc(Nc2ccnc(C3CC3)n2)c1=O.N=C(N)C1CC1.Nc1ccnc(C2CC2)n1. The third-order valence-corrected chi connectivity index (χ3v) is 27.8. The Morgan fingerprint density at radius 3 is 1.42 bits per heavy atom. The third kappa shape index (κ3) is 26.2. The Hall–Kier alpha value is -12.5. The number of aromatic nitrogens is 15. The number of carbonyl (C=O) groups excluding carboxylic acids is 4. The molecule has 0 spiro atoms. The molecule has 41 heteroatoms. The fourth-order valence-corrected chi connectivity index (χ4v) is 19.2. The number of aldehydes is 2. The first-order chi connectivity index (χ1) is 67.5. The molecule has 1 saturated heterocycles. The molecule has 22 rings (SSSR count). The van der Waals surface area contributed by atoms with Crippen LogP contribution in [-0.2, 0) is 76.3 Å². The van der Waals surface area contributed by atoms with Crippen molar-refractivity contribution in [2.24, 2.45) is 50.7 Å². The van der Waals surface area contributed by atoms with Gasteiger partial charge in [-0.3, -0.25) is 58.5 Å². The van der Waals surface area contributed by atoms with Crippen molar-refractivity contribution in [3.63, 3.8) is 0 Å². The summed E-state index contributed by atoms with van der Waals surface area (Å²) in [5, 5.41) is 24.3. The number of pyridine rings is 7. The average Bonchev–Trinajstić information content (AvgIpc) is 1.58. The lowest BCUT2D eigenvalue weighted by Gasteiger charge is -2.32. The number of amidine groups is 1. The molecule has 10 aliphatic rings. The standard InChI is InChI=1S/C32H32N6O3.C19H25BN4O3.C18H18ClN3O2.C13H13BrN4O.C7H9N3.C6H5Br2NO.C4H8N2.C3H2ClN.CH4.ClH/c1-32(2)15-20-13-27-31(41)38(11-10-37(27)28(20)16-32)29-24(18-39)23(7-9-34-29)21-12-26(30(40)36(3)17-21)35-22-6-8-33-25(14-22)19-4-5-19;1-18(2)19(3,4)27-20(26-18)13-10-14(17(25)24(5)11-13)22-15-8-9-21-16(23-15)12-6-7-12;1-18(2)8-11-7-14-17(24)22(6-5-21(14)15(11)9-18)16-12(10-23)13(19)3-4-20-16;1-18-7-9(14)6-10(13(18)19)16-11-4-5-15-12(17-11)8-2-3-8;8-6-3-4-9-7(10-6)5-1-2-5;1-9-3-4(7)2-5(8)6(9)10;5-4(6)3-1-2-3;1-3(4)2-5;;/h6-9,12-14,17-19H,4-5,10-11,15-16H2,1-3H3,(H,33,35);8-12H,6-7H2,1-5H3,(H,21,22,23);3-4,7,10H,5-6,8-9H2,1-2H3;4-8H,2-3H2,1H3,(H,15,16,17);3-5H,1-2H2,(H2,8,9,10);2-3H,1H3;3H,1-2H2,(H3,5,6);1H2;1H4;1H. The summed E-state index contributed by atoms with van der Waals surface area (Å²) in [6.45, 7) is 22.4. The van der Waals surface area contributed by atoms with E-state index in [4.69, 9.17) is 54.6 Å². The van der Waals surface area contributed by atoms with Crippen LogP contribution < -0.4 is 64.9 Å². The predicted octanol–water partition coefficient (Wildman–Crippen LogP) is 18.2. The van der Waals surface area contributed by atoms with Gasteiger partial charge in [0.1, 0.15) is 86.1 Å². The van der Waals surface area contributed by atoms with Crippen molar-refractivity contribution in [2.75, 3.05) is 44.6 Å². The van der Waals surface area contributed by atoms with Crippen LogP contribution in [0, 0.1) is 33.5 Å². The van der Waals surface area contributed by atoms with Gasteiger partial charge < -0.3 is 64.1 Å². The van der Waals surface area contributed by atoms with Gasteiger partial charge >= 0.3 is 7.12 Å². The Balaban J connectivity index is 0.000000149. The Labute approximate surface area is 876 Å². The molecule has 0 unspecified atom stereocenters. The molecule has 0 aromatic carbocycles. The van der Waals surface area contributed by atoms with E-state index in [0.29, 0.717) is 152 Å². The van der Waals surface area contributed by atoms with E-state index in [1.54, 1.807) is 154 Å². The number of nitriles is 1. The van der Waals surface area contributed by atoms with Crippen LogP contribution >= 0.6 is 83.4 Å². The molecule has 3 aliphatic heterocycles. The Morgan fingerprint density at radius 2 is 0.965 bits per heavy atom. The number of fused-ring (bicyclic) bond motifs is 6. The Morgan fingerprint density at radius 1 is 0.535 bits per heavy atom. The highest BCUT2D eigenvalue weighted by molar-refractivity contribution is 9.11. The second-order valence-electron chi connectivity index (χ2n) is 39.4. The van der Waals surface area contributed by atoms with E-state index in [-0.39, 0.29) is 75.3 Å². The van der Waals surface area contributed by atoms with Crippen molar-refractivity contribution < 1.29 is 28.5 Å². The van der Waals surface area contributed by atoms with Gasteiger partial charge in [-0.1, -0.05) is 64.9 Å². The number of anilines is 9. The van der Waals surface area contributed by atoms with Crippen LogP contribution in [0.4, 0.5) is 51.8 Å². The lowest BCUT2D eigenvalue weighted by atomic mass is 9.80. The number of nitrogens with zero attached hydrogens (tertiary/aromatic N) is 18. The number of nitrogens with two attached hydrogens (primary N) is 2. The Kier molecular flexibility index (Phi) is 34.3. The fraction of sp³-hybridized carbons (Fsp3) is 0.388. The van der Waals surface area contributed by atoms with E-state index >= 15 is 0 Å². The van der Waals surface area contributed by atoms with Crippen molar-refractivity contribution in [1.82, 2.24) is 72.3 Å². The number of hydrogen-bond acceptors (Lipinski definition) is 25. The van der Waals surface area contributed by atoms with E-state index in [1.807, 2.05) is 52.0 Å². The number of nitrogens with one attached hydrogen (secondary N) is 4. The number of hydrogen-bond donors (Lipinski definition) is 6. The molecule has 12 aromatic rings. The van der Waals surface area contributed by atoms with Gasteiger partial charge in [0.25, 0.3) is 34.1 Å². The second kappa shape index (κ2) is 45.4. The summed E-state index contributed by atoms with van der Waals surface area (Å²) in [6.07, 6.45) is 33.9. The lowest BCUT2D eigenvalue weighted by Crippen LogP contribution is -2.41. The maximum atomic E-state index is 13.7. The molecule has 34 nitrogen and oxygen atoms in total. The monoisotopic (exact) mass is 2200 g/mol. The molecule has 7 aliphatic carbocycles. The van der Waals surface area contributed by atoms with Gasteiger partial charge in [-0.2, -0.15) is 5.26 Å². The number of nitrogen functional groups attached to an aromatic ring is 1. The largest absolute Gasteiger partial charge is 0.496 e. The first-order valence-electron chi connectivity index (χ1n) is 46.8. The molecule has 0 bridgehead atoms. The molecule has 754 valence electrons. The summed E-state index contributed by atoms with van der Waals surface area (Å²) < 4.78 is 24.9. The fourth-order valence-electron chi connectivity index (χ4n) is 17.2. The second-order valence-corrected chi connectivity index (χ2v) is 43.0. The molecule has 0 radical (unpaired) electrons. The van der Waals surface area contributed by atoms with Crippen LogP contribution in [0.5, 0.6) is 0 Å². The minimum Gasteiger partial charge on any atom is -0.399 e. The van der Waals surface area contributed by atoms with Gasteiger partial charge in [0.05, 0.1) is 37.7 Å². The number of carbonyl (C=O) groups is 4. The number of rotatable bonds is 17. The summed E-state index contributed by atoms with van der Waals surface area (Å²) in [6, 6.07) is 25.0. The van der Waals surface area contributed by atoms with Crippen LogP contribution in [0.2, 0.25) is 5.02 Å². The summed E-state index contributed by atoms with van der Waals surface area (Å²) in [4.78, 5) is 141. The Bertz CT molecular complexity index is 7170. The van der Waals surface area contributed by atoms with Gasteiger partial charge in [0.15, 0.2) is 12.6 Å². The minimum absolute atomic E-state index is 0. The molecular weight excluding hydrogens is 2090 g/mol. The van der Waals surface area contributed by atoms with Crippen LogP contribution in [0.25, 0.3) is 11.1 Å². The zero-order valence-corrected chi connectivity index (χ0v) is 88.5. The summed E-state index contributed by atoms with van der Waals surface area (Å²) in [7, 11) is 6.30. The number of allylic oxidation sites excluding steroid dienone is 1. The molecule has 8 N–H and O–H groups in total. The van der Waals surface area contributed by atoms with Gasteiger partial charge in [-0.15, -0.1) is 12.4 Å². The highest BCUT2D eigenvalue weighted by atomic mass is 79.9. The van der Waals surface area contributed by atoms with Gasteiger partial charge in [0.2, 0.25) is 0 Å². The first-order valence-corrected chi connectivity index (χ1v) is 50.0. The zero-order valence-electron chi connectivity index (χ0n) is 81.4. The van der Waals surface area contributed by atoms with Crippen LogP contribution in [0.15, 0.2) is 185 Å². The van der Waals surface area contributed by atoms with E-state index in [1.165, 1.54) is 59.8 Å². The molecular formula is C103H117BBr3Cl3N24O10. The number of halogens is 6. The molecule has 12 aromatic heterocycles. The number of aryl methyl sites for hydroxylation is 4. The van der Waals surface area contributed by atoms with Gasteiger partial charge in [0, 0.05) is 189 Å². The van der Waals surface area contributed by atoms with E-state index in [9.17, 15) is 38.4 Å². The smallest absolute Gasteiger partial charge is 0.399 e. The number of amides is 2. The summed E-state index contributed by atoms with van der Waals surface area (Å²) >= 11 is 20.7. The maximum absolute atomic E-state index is 13.7. The van der Waals surface area contributed by atoms with Crippen molar-refractivity contribution in [2.45, 2.75) is 201 Å². The molecule has 6 fully saturated rings. The molecule has 2 amide bonds. The van der Waals surface area contributed by atoms with Crippen molar-refractivity contribution in [3.8, 4) is 17.2 Å². The molecule has 0 atom stereocenters. The molecule has 144 heavy (non-hydrogen) atoms. The predicted molar refractivity (Wildman–Crippen MR) is 575 cm³/mol. The minimum atomic E-state index is -0.533. The lowest BCUT2D eigenvalue weighted by molar-refractivity contribution is 0.00578. The average molecular weight is 2210 g/mol. The van der Waals surface area contributed by atoms with E-state index < -0.39 is 18.3 Å². The molecule has 15 heterocycles. The van der Waals surface area contributed by atoms with Crippen LogP contribution in [-0.4, -0.2) is 134 Å². The maximum Gasteiger partial charge on any atom is 0.496 e.